The smallest absolute Gasteiger partial charge is 0.336 e. The van der Waals surface area contributed by atoms with Crippen LogP contribution >= 0.6 is 11.8 Å². The Hall–Kier alpha value is -3.96. The summed E-state index contributed by atoms with van der Waals surface area (Å²) in [7, 11) is 0. The van der Waals surface area contributed by atoms with Gasteiger partial charge in [0.25, 0.3) is 5.56 Å². The van der Waals surface area contributed by atoms with Gasteiger partial charge < -0.3 is 14.4 Å². The molecule has 254 valence electrons. The molecule has 1 aromatic heterocycles. The van der Waals surface area contributed by atoms with Gasteiger partial charge in [-0.25, -0.2) is 4.39 Å². The van der Waals surface area contributed by atoms with E-state index in [0.717, 1.165) is 57.2 Å². The van der Waals surface area contributed by atoms with Crippen molar-refractivity contribution in [2.75, 3.05) is 26.1 Å². The molecule has 3 aromatic carbocycles. The van der Waals surface area contributed by atoms with Crippen LogP contribution in [-0.2, 0) is 42.5 Å². The standard InChI is InChI=1S/C37H40F4N4O2S/c1-4-43(5-2)18-19-44(22-26-6-10-28(11-7-26)29-12-14-30(15-13-29)37(39,40)41)34(46)23-45-33-21-25(3)20-32(33)35(47)42-36(45)48-24-27-8-16-31(38)17-9-27/h6-17,25H,4-5,18-24H2,1-3H3/i4D2,5D2,8D,9D,16D,17D,20D2,21D2,22D2,23D2,25D. The lowest BCUT2D eigenvalue weighted by molar-refractivity contribution is -0.137. The van der Waals surface area contributed by atoms with E-state index in [1.54, 1.807) is 0 Å². The third-order valence-corrected chi connectivity index (χ3v) is 7.87. The maximum Gasteiger partial charge on any atom is 0.416 e. The van der Waals surface area contributed by atoms with Gasteiger partial charge in [0.2, 0.25) is 5.91 Å². The second-order valence-electron chi connectivity index (χ2n) is 10.1. The number of halogens is 4. The zero-order chi connectivity index (χ0) is 49.6. The van der Waals surface area contributed by atoms with Crippen LogP contribution in [0.25, 0.3) is 11.1 Å². The van der Waals surface area contributed by atoms with E-state index in [9.17, 15) is 27.8 Å². The molecule has 1 amide bonds. The first kappa shape index (κ1) is 19.3. The van der Waals surface area contributed by atoms with Crippen LogP contribution in [-0.4, -0.2) is 51.3 Å². The molecule has 11 heteroatoms. The fourth-order valence-corrected chi connectivity index (χ4v) is 5.34. The van der Waals surface area contributed by atoms with Gasteiger partial charge in [0.15, 0.2) is 5.16 Å². The highest BCUT2D eigenvalue weighted by Crippen LogP contribution is 2.32. The first-order valence-electron chi connectivity index (χ1n) is 22.8. The van der Waals surface area contributed by atoms with Crippen LogP contribution in [0.3, 0.4) is 0 Å². The van der Waals surface area contributed by atoms with E-state index in [4.69, 9.17) is 17.8 Å². The van der Waals surface area contributed by atoms with E-state index in [-0.39, 0.29) is 32.4 Å². The summed E-state index contributed by atoms with van der Waals surface area (Å²) in [4.78, 5) is 33.3. The van der Waals surface area contributed by atoms with Gasteiger partial charge in [-0.15, -0.1) is 0 Å². The average Bonchev–Trinajstić information content (AvgIpc) is 3.29. The number of fused-ring (bicyclic) bond motifs is 1. The number of alkyl halides is 3. The van der Waals surface area contributed by atoms with E-state index >= 15 is 4.79 Å². The molecule has 48 heavy (non-hydrogen) atoms. The summed E-state index contributed by atoms with van der Waals surface area (Å²) >= 11 is 0.218. The maximum absolute atomic E-state index is 15.0. The van der Waals surface area contributed by atoms with Gasteiger partial charge in [0, 0.05) is 48.9 Å². The highest BCUT2D eigenvalue weighted by atomic mass is 32.2. The zero-order valence-electron chi connectivity index (χ0n) is 42.8. The molecule has 1 aliphatic rings. The molecule has 0 N–H and O–H groups in total. The molecule has 0 saturated carbocycles. The Balaban J connectivity index is 1.74. The largest absolute Gasteiger partial charge is 0.416 e. The van der Waals surface area contributed by atoms with E-state index in [1.165, 1.54) is 12.1 Å². The van der Waals surface area contributed by atoms with Crippen molar-refractivity contribution in [1.29, 1.82) is 0 Å². The van der Waals surface area contributed by atoms with Crippen molar-refractivity contribution in [3.8, 4) is 11.1 Å². The third kappa shape index (κ3) is 8.73. The Bertz CT molecular complexity index is 2520. The third-order valence-electron chi connectivity index (χ3n) is 6.91. The Kier molecular flexibility index (Phi) is 6.23. The number of benzene rings is 3. The molecule has 0 radical (unpaired) electrons. The quantitative estimate of drug-likeness (QED) is 0.0825. The first-order valence-corrected chi connectivity index (χ1v) is 15.3. The molecule has 1 heterocycles. The van der Waals surface area contributed by atoms with E-state index < -0.39 is 144 Å². The second-order valence-corrected chi connectivity index (χ2v) is 11.1. The summed E-state index contributed by atoms with van der Waals surface area (Å²) in [6, 6.07) is 4.69. The summed E-state index contributed by atoms with van der Waals surface area (Å²) in [6.07, 6.45) is -11.3. The Morgan fingerprint density at radius 2 is 1.65 bits per heavy atom. The molecular weight excluding hydrogens is 640 g/mol. The van der Waals surface area contributed by atoms with Crippen LogP contribution in [0.2, 0.25) is 0 Å². The fourth-order valence-electron chi connectivity index (χ4n) is 4.51. The molecule has 1 aliphatic carbocycles. The molecule has 0 spiro atoms. The van der Waals surface area contributed by atoms with Crippen LogP contribution in [0.4, 0.5) is 17.6 Å². The van der Waals surface area contributed by atoms with Gasteiger partial charge >= 0.3 is 6.18 Å². The van der Waals surface area contributed by atoms with Crippen LogP contribution in [0.15, 0.2) is 82.7 Å². The van der Waals surface area contributed by atoms with Crippen LogP contribution < -0.4 is 5.56 Å². The minimum atomic E-state index is -4.64. The number of aromatic nitrogens is 2. The Morgan fingerprint density at radius 3 is 2.25 bits per heavy atom. The van der Waals surface area contributed by atoms with Crippen molar-refractivity contribution >= 4 is 17.7 Å². The normalized spacial score (nSPS) is 24.4. The van der Waals surface area contributed by atoms with Gasteiger partial charge in [-0.05, 0) is 78.1 Å². The number of likely N-dealkylation sites (N-methyl/N-ethyl adjacent to an activating group) is 1. The lowest BCUT2D eigenvalue weighted by atomic mass is 10.0. The number of amides is 1. The second kappa shape index (κ2) is 15.5. The molecule has 0 bridgehead atoms. The number of rotatable bonds is 13. The molecule has 6 nitrogen and oxygen atoms in total. The van der Waals surface area contributed by atoms with Crippen molar-refractivity contribution < 1.29 is 45.7 Å². The predicted molar refractivity (Wildman–Crippen MR) is 181 cm³/mol. The minimum Gasteiger partial charge on any atom is -0.336 e. The van der Waals surface area contributed by atoms with Gasteiger partial charge in [0.1, 0.15) is 12.3 Å². The predicted octanol–water partition coefficient (Wildman–Crippen LogP) is 7.47. The highest BCUT2D eigenvalue weighted by Gasteiger charge is 2.30. The van der Waals surface area contributed by atoms with Gasteiger partial charge in [-0.2, -0.15) is 18.2 Å². The Labute approximate surface area is 306 Å². The monoisotopic (exact) mass is 697 g/mol. The first-order chi connectivity index (χ1) is 29.4. The van der Waals surface area contributed by atoms with Crippen LogP contribution in [0, 0.1) is 11.7 Å². The number of hydrogen-bond acceptors (Lipinski definition) is 5. The number of nitrogens with zero attached hydrogens (tertiary/aromatic N) is 4. The number of thioether (sulfide) groups is 1. The van der Waals surface area contributed by atoms with Gasteiger partial charge in [-0.1, -0.05) is 81.0 Å². The molecule has 1 unspecified atom stereocenters. The molecule has 1 atom stereocenters. The fraction of sp³-hybridized carbons (Fsp3) is 0.378. The van der Waals surface area contributed by atoms with Gasteiger partial charge in [0.05, 0.1) is 16.5 Å². The number of hydrogen-bond donors (Lipinski definition) is 0. The Morgan fingerprint density at radius 1 is 1.02 bits per heavy atom. The maximum atomic E-state index is 15.0. The lowest BCUT2D eigenvalue weighted by Gasteiger charge is -2.28. The minimum absolute atomic E-state index is 0.126. The molecule has 4 aromatic rings. The zero-order valence-corrected chi connectivity index (χ0v) is 26.6. The molecule has 0 aliphatic heterocycles. The molecule has 5 rings (SSSR count). The van der Waals surface area contributed by atoms with Crippen molar-refractivity contribution in [2.24, 2.45) is 5.89 Å². The molecule has 0 fully saturated rings. The summed E-state index contributed by atoms with van der Waals surface area (Å²) in [5, 5.41) is -0.969. The van der Waals surface area contributed by atoms with Crippen molar-refractivity contribution in [3.05, 3.63) is 117 Å². The van der Waals surface area contributed by atoms with E-state index in [1.807, 2.05) is 0 Å². The van der Waals surface area contributed by atoms with Crippen LogP contribution in [0.5, 0.6) is 0 Å². The summed E-state index contributed by atoms with van der Waals surface area (Å²) in [6.45, 7) is -11.3. The molecule has 0 saturated heterocycles. The SMILES string of the molecule is [2H]c1c([2H])c(CSc2nc(=O)c3c(n2C([2H])([2H])C(=O)N(CCN(C([2H])([2H])C)C([2H])([2H])C)C([2H])([2H])c2ccc(-c4ccc(C(F)(F)F)cc4)cc2)C([2H])([2H])C([2H])(C)C3([2H])[2H])c([2H])c([2H])c1F. The highest BCUT2D eigenvalue weighted by molar-refractivity contribution is 7.98. The number of carbonyl (C=O) groups is 1. The van der Waals surface area contributed by atoms with Crippen molar-refractivity contribution in [3.63, 3.8) is 0 Å². The summed E-state index contributed by atoms with van der Waals surface area (Å²) in [5.74, 6) is -7.18. The lowest BCUT2D eigenvalue weighted by Crippen LogP contribution is -2.40. The van der Waals surface area contributed by atoms with Crippen molar-refractivity contribution in [1.82, 2.24) is 19.4 Å². The van der Waals surface area contributed by atoms with E-state index in [0.29, 0.717) is 4.90 Å². The molecular formula is C37H40F4N4O2S. The van der Waals surface area contributed by atoms with Gasteiger partial charge in [-0.3, -0.25) is 9.59 Å². The topological polar surface area (TPSA) is 58.4 Å². The summed E-state index contributed by atoms with van der Waals surface area (Å²) < 4.78 is 201. The average molecular weight is 698 g/mol. The number of carbonyl (C=O) groups excluding carboxylic acids is 1. The van der Waals surface area contributed by atoms with Crippen LogP contribution in [0.1, 0.15) is 72.0 Å². The van der Waals surface area contributed by atoms with E-state index in [2.05, 4.69) is 4.98 Å². The van der Waals surface area contributed by atoms with Crippen molar-refractivity contribution in [2.45, 2.75) is 63.6 Å². The summed E-state index contributed by atoms with van der Waals surface area (Å²) in [5.41, 5.74) is -5.30.